The Morgan fingerprint density at radius 3 is 2.65 bits per heavy atom. The molecule has 1 atom stereocenters. The molecule has 5 heteroatoms. The summed E-state index contributed by atoms with van der Waals surface area (Å²) in [7, 11) is 0. The van der Waals surface area contributed by atoms with E-state index in [1.807, 2.05) is 53.4 Å². The van der Waals surface area contributed by atoms with Crippen molar-refractivity contribution in [2.75, 3.05) is 19.8 Å². The highest BCUT2D eigenvalue weighted by atomic mass is 35.5. The Morgan fingerprint density at radius 1 is 1.08 bits per heavy atom. The fourth-order valence-electron chi connectivity index (χ4n) is 3.48. The quantitative estimate of drug-likeness (QED) is 0.748. The van der Waals surface area contributed by atoms with Gasteiger partial charge in [-0.05, 0) is 54.3 Å². The van der Waals surface area contributed by atoms with Gasteiger partial charge < -0.3 is 14.4 Å². The maximum absolute atomic E-state index is 12.7. The number of fused-ring (bicyclic) bond motifs is 1. The van der Waals surface area contributed by atoms with E-state index >= 15 is 0 Å². The maximum atomic E-state index is 12.7. The second-order valence-corrected chi connectivity index (χ2v) is 6.91. The topological polar surface area (TPSA) is 38.8 Å². The summed E-state index contributed by atoms with van der Waals surface area (Å²) in [6.45, 7) is 1.91. The predicted octanol–water partition coefficient (Wildman–Crippen LogP) is 4.49. The van der Waals surface area contributed by atoms with Crippen LogP contribution in [0.3, 0.4) is 0 Å². The molecule has 0 radical (unpaired) electrons. The SMILES string of the molecule is O=C(/C=C/c1ccc(Cl)cc1)N1CCCC1c1ccc2c(c1)OCCO2. The molecule has 2 aliphatic heterocycles. The minimum Gasteiger partial charge on any atom is -0.486 e. The smallest absolute Gasteiger partial charge is 0.247 e. The molecule has 0 N–H and O–H groups in total. The lowest BCUT2D eigenvalue weighted by molar-refractivity contribution is -0.126. The Hall–Kier alpha value is -2.46. The highest BCUT2D eigenvalue weighted by molar-refractivity contribution is 6.30. The van der Waals surface area contributed by atoms with Gasteiger partial charge in [0.15, 0.2) is 11.5 Å². The van der Waals surface area contributed by atoms with E-state index in [0.29, 0.717) is 18.2 Å². The highest BCUT2D eigenvalue weighted by Gasteiger charge is 2.29. The van der Waals surface area contributed by atoms with Crippen LogP contribution in [0.4, 0.5) is 0 Å². The molecule has 134 valence electrons. The number of benzene rings is 2. The fraction of sp³-hybridized carbons (Fsp3) is 0.286. The first-order valence-corrected chi connectivity index (χ1v) is 9.22. The van der Waals surface area contributed by atoms with Gasteiger partial charge in [0.25, 0.3) is 0 Å². The van der Waals surface area contributed by atoms with Gasteiger partial charge in [-0.3, -0.25) is 4.79 Å². The van der Waals surface area contributed by atoms with Crippen LogP contribution in [0.15, 0.2) is 48.5 Å². The van der Waals surface area contributed by atoms with Crippen LogP contribution in [0.25, 0.3) is 6.08 Å². The molecular formula is C21H20ClNO3. The predicted molar refractivity (Wildman–Crippen MR) is 102 cm³/mol. The summed E-state index contributed by atoms with van der Waals surface area (Å²) in [5.74, 6) is 1.57. The summed E-state index contributed by atoms with van der Waals surface area (Å²) in [4.78, 5) is 14.6. The molecule has 2 aromatic rings. The molecule has 2 heterocycles. The molecule has 2 aliphatic rings. The fourth-order valence-corrected chi connectivity index (χ4v) is 3.61. The Balaban J connectivity index is 1.51. The lowest BCUT2D eigenvalue weighted by atomic mass is 10.0. The molecule has 4 nitrogen and oxygen atoms in total. The zero-order valence-electron chi connectivity index (χ0n) is 14.4. The van der Waals surface area contributed by atoms with E-state index in [9.17, 15) is 4.79 Å². The molecule has 0 bridgehead atoms. The summed E-state index contributed by atoms with van der Waals surface area (Å²) >= 11 is 5.90. The van der Waals surface area contributed by atoms with Gasteiger partial charge in [0.2, 0.25) is 5.91 Å². The third-order valence-corrected chi connectivity index (χ3v) is 5.03. The number of halogens is 1. The van der Waals surface area contributed by atoms with E-state index in [4.69, 9.17) is 21.1 Å². The molecule has 0 aromatic heterocycles. The van der Waals surface area contributed by atoms with E-state index in [0.717, 1.165) is 42.0 Å². The van der Waals surface area contributed by atoms with Crippen LogP contribution in [0.1, 0.15) is 30.0 Å². The zero-order chi connectivity index (χ0) is 17.9. The van der Waals surface area contributed by atoms with Crippen LogP contribution in [0.5, 0.6) is 11.5 Å². The van der Waals surface area contributed by atoms with Gasteiger partial charge >= 0.3 is 0 Å². The van der Waals surface area contributed by atoms with Gasteiger partial charge in [0, 0.05) is 17.6 Å². The average molecular weight is 370 g/mol. The normalized spacial score (nSPS) is 19.1. The minimum absolute atomic E-state index is 0.0253. The van der Waals surface area contributed by atoms with E-state index in [1.54, 1.807) is 6.08 Å². The molecule has 1 saturated heterocycles. The molecular weight excluding hydrogens is 350 g/mol. The number of carbonyl (C=O) groups is 1. The third kappa shape index (κ3) is 3.56. The second-order valence-electron chi connectivity index (χ2n) is 6.48. The number of ether oxygens (including phenoxy) is 2. The van der Waals surface area contributed by atoms with Crippen LogP contribution < -0.4 is 9.47 Å². The largest absolute Gasteiger partial charge is 0.486 e. The van der Waals surface area contributed by atoms with E-state index in [1.165, 1.54) is 0 Å². The standard InChI is InChI=1S/C21H20ClNO3/c22-17-7-3-15(4-8-17)5-10-21(24)23-11-1-2-18(23)16-6-9-19-20(14-16)26-13-12-25-19/h3-10,14,18H,1-2,11-13H2/b10-5+. The number of hydrogen-bond donors (Lipinski definition) is 0. The van der Waals surface area contributed by atoms with Crippen LogP contribution in [0, 0.1) is 0 Å². The first-order valence-electron chi connectivity index (χ1n) is 8.84. The number of rotatable bonds is 3. The molecule has 1 fully saturated rings. The first kappa shape index (κ1) is 17.0. The van der Waals surface area contributed by atoms with Crippen LogP contribution in [-0.2, 0) is 4.79 Å². The van der Waals surface area contributed by atoms with Gasteiger partial charge in [-0.1, -0.05) is 29.8 Å². The van der Waals surface area contributed by atoms with Gasteiger partial charge in [0.1, 0.15) is 13.2 Å². The minimum atomic E-state index is 0.0253. The van der Waals surface area contributed by atoms with Crippen molar-refractivity contribution in [3.63, 3.8) is 0 Å². The molecule has 0 spiro atoms. The molecule has 2 aromatic carbocycles. The Labute approximate surface area is 158 Å². The molecule has 4 rings (SSSR count). The first-order chi connectivity index (χ1) is 12.7. The Kier molecular flexibility index (Phi) is 4.85. The molecule has 1 amide bonds. The molecule has 1 unspecified atom stereocenters. The highest BCUT2D eigenvalue weighted by Crippen LogP contribution is 2.38. The lowest BCUT2D eigenvalue weighted by Gasteiger charge is -2.26. The summed E-state index contributed by atoms with van der Waals surface area (Å²) in [6, 6.07) is 13.5. The second kappa shape index (κ2) is 7.42. The molecule has 26 heavy (non-hydrogen) atoms. The van der Waals surface area contributed by atoms with Crippen LogP contribution in [0.2, 0.25) is 5.02 Å². The number of carbonyl (C=O) groups excluding carboxylic acids is 1. The molecule has 0 saturated carbocycles. The monoisotopic (exact) mass is 369 g/mol. The summed E-state index contributed by atoms with van der Waals surface area (Å²) in [5, 5.41) is 0.687. The van der Waals surface area contributed by atoms with Crippen molar-refractivity contribution in [1.82, 2.24) is 4.90 Å². The van der Waals surface area contributed by atoms with Crippen LogP contribution >= 0.6 is 11.6 Å². The van der Waals surface area contributed by atoms with Gasteiger partial charge in [-0.25, -0.2) is 0 Å². The van der Waals surface area contributed by atoms with Gasteiger partial charge in [-0.15, -0.1) is 0 Å². The zero-order valence-corrected chi connectivity index (χ0v) is 15.1. The van der Waals surface area contributed by atoms with Gasteiger partial charge in [-0.2, -0.15) is 0 Å². The summed E-state index contributed by atoms with van der Waals surface area (Å²) in [6.07, 6.45) is 5.43. The number of hydrogen-bond acceptors (Lipinski definition) is 3. The summed E-state index contributed by atoms with van der Waals surface area (Å²) in [5.41, 5.74) is 2.05. The average Bonchev–Trinajstić information content (AvgIpc) is 3.17. The van der Waals surface area contributed by atoms with Gasteiger partial charge in [0.05, 0.1) is 6.04 Å². The van der Waals surface area contributed by atoms with E-state index < -0.39 is 0 Å². The summed E-state index contributed by atoms with van der Waals surface area (Å²) < 4.78 is 11.3. The van der Waals surface area contributed by atoms with Crippen molar-refractivity contribution in [2.45, 2.75) is 18.9 Å². The molecule has 0 aliphatic carbocycles. The van der Waals surface area contributed by atoms with Crippen molar-refractivity contribution < 1.29 is 14.3 Å². The van der Waals surface area contributed by atoms with E-state index in [2.05, 4.69) is 0 Å². The van der Waals surface area contributed by atoms with Crippen molar-refractivity contribution in [3.05, 3.63) is 64.7 Å². The van der Waals surface area contributed by atoms with E-state index in [-0.39, 0.29) is 11.9 Å². The number of likely N-dealkylation sites (tertiary alicyclic amines) is 1. The lowest BCUT2D eigenvalue weighted by Crippen LogP contribution is -2.29. The van der Waals surface area contributed by atoms with Crippen molar-refractivity contribution in [1.29, 1.82) is 0 Å². The van der Waals surface area contributed by atoms with Crippen molar-refractivity contribution in [2.24, 2.45) is 0 Å². The van der Waals surface area contributed by atoms with Crippen LogP contribution in [-0.4, -0.2) is 30.6 Å². The third-order valence-electron chi connectivity index (χ3n) is 4.78. The number of nitrogens with zero attached hydrogens (tertiary/aromatic N) is 1. The number of amides is 1. The van der Waals surface area contributed by atoms with Crippen molar-refractivity contribution >= 4 is 23.6 Å². The Bertz CT molecular complexity index is 832. The van der Waals surface area contributed by atoms with Crippen molar-refractivity contribution in [3.8, 4) is 11.5 Å². The maximum Gasteiger partial charge on any atom is 0.247 e. The Morgan fingerprint density at radius 2 is 1.85 bits per heavy atom.